The molecule has 0 bridgehead atoms. The molecule has 0 aliphatic carbocycles. The van der Waals surface area contributed by atoms with Crippen molar-refractivity contribution in [1.29, 1.82) is 0 Å². The van der Waals surface area contributed by atoms with E-state index in [1.807, 2.05) is 24.3 Å². The van der Waals surface area contributed by atoms with Gasteiger partial charge in [-0.25, -0.2) is 4.79 Å². The highest BCUT2D eigenvalue weighted by Crippen LogP contribution is 2.36. The number of alkyl halides is 1. The topological polar surface area (TPSA) is 49.8 Å². The standard InChI is InChI=1S/C12H14ClNO3/c1-14(12(15)16)6-11-9-5-3-2-4-8(9)10(13)7-17-11/h2-5,10-11H,6-7H2,1H3,(H,15,16)/t10-,11?/m1/s1. The second-order valence-electron chi connectivity index (χ2n) is 4.08. The molecule has 1 N–H and O–H groups in total. The molecule has 1 aliphatic heterocycles. The average molecular weight is 256 g/mol. The van der Waals surface area contributed by atoms with Gasteiger partial charge >= 0.3 is 6.09 Å². The molecule has 0 spiro atoms. The molecule has 1 aliphatic rings. The van der Waals surface area contributed by atoms with Crippen LogP contribution in [0.5, 0.6) is 0 Å². The number of hydrogen-bond acceptors (Lipinski definition) is 2. The van der Waals surface area contributed by atoms with Crippen molar-refractivity contribution in [2.45, 2.75) is 11.5 Å². The van der Waals surface area contributed by atoms with Crippen LogP contribution in [-0.4, -0.2) is 36.3 Å². The Bertz CT molecular complexity index is 424. The fraction of sp³-hybridized carbons (Fsp3) is 0.417. The molecule has 0 radical (unpaired) electrons. The van der Waals surface area contributed by atoms with E-state index in [-0.39, 0.29) is 11.5 Å². The minimum Gasteiger partial charge on any atom is -0.465 e. The van der Waals surface area contributed by atoms with Gasteiger partial charge in [0.25, 0.3) is 0 Å². The van der Waals surface area contributed by atoms with E-state index < -0.39 is 6.09 Å². The van der Waals surface area contributed by atoms with Crippen LogP contribution in [0.25, 0.3) is 0 Å². The Morgan fingerprint density at radius 2 is 2.18 bits per heavy atom. The van der Waals surface area contributed by atoms with E-state index in [9.17, 15) is 4.79 Å². The Kier molecular flexibility index (Phi) is 3.54. The number of rotatable bonds is 2. The number of benzene rings is 1. The van der Waals surface area contributed by atoms with Gasteiger partial charge in [0.05, 0.1) is 18.5 Å². The highest BCUT2D eigenvalue weighted by molar-refractivity contribution is 6.21. The summed E-state index contributed by atoms with van der Waals surface area (Å²) in [6.07, 6.45) is -1.19. The molecule has 1 heterocycles. The number of likely N-dealkylation sites (N-methyl/N-ethyl adjacent to an activating group) is 1. The molecule has 1 aromatic carbocycles. The van der Waals surface area contributed by atoms with Gasteiger partial charge < -0.3 is 14.7 Å². The third-order valence-corrected chi connectivity index (χ3v) is 3.25. The minimum absolute atomic E-state index is 0.155. The first-order valence-electron chi connectivity index (χ1n) is 5.38. The molecule has 1 unspecified atom stereocenters. The summed E-state index contributed by atoms with van der Waals surface area (Å²) in [6.45, 7) is 0.729. The molecule has 92 valence electrons. The molecule has 2 atom stereocenters. The number of hydrogen-bond donors (Lipinski definition) is 1. The molecular formula is C12H14ClNO3. The summed E-state index contributed by atoms with van der Waals surface area (Å²) in [5, 5.41) is 8.70. The molecule has 0 saturated carbocycles. The van der Waals surface area contributed by atoms with E-state index in [1.165, 1.54) is 11.9 Å². The van der Waals surface area contributed by atoms with Crippen molar-refractivity contribution < 1.29 is 14.6 Å². The highest BCUT2D eigenvalue weighted by atomic mass is 35.5. The van der Waals surface area contributed by atoms with Gasteiger partial charge in [0.1, 0.15) is 6.10 Å². The number of carbonyl (C=O) groups is 1. The third-order valence-electron chi connectivity index (χ3n) is 2.89. The summed E-state index contributed by atoms with van der Waals surface area (Å²) in [5.74, 6) is 0. The lowest BCUT2D eigenvalue weighted by Crippen LogP contribution is -2.33. The molecular weight excluding hydrogens is 242 g/mol. The van der Waals surface area contributed by atoms with Gasteiger partial charge in [-0.15, -0.1) is 11.6 Å². The van der Waals surface area contributed by atoms with E-state index in [4.69, 9.17) is 21.4 Å². The summed E-state index contributed by atoms with van der Waals surface area (Å²) in [7, 11) is 1.53. The first-order valence-corrected chi connectivity index (χ1v) is 5.82. The summed E-state index contributed by atoms with van der Waals surface area (Å²) in [6, 6.07) is 7.73. The molecule has 1 amide bonds. The maximum absolute atomic E-state index is 10.8. The van der Waals surface area contributed by atoms with E-state index in [0.717, 1.165) is 11.1 Å². The first kappa shape index (κ1) is 12.2. The smallest absolute Gasteiger partial charge is 0.407 e. The van der Waals surface area contributed by atoms with Gasteiger partial charge in [0, 0.05) is 7.05 Å². The summed E-state index contributed by atoms with van der Waals surface area (Å²) < 4.78 is 5.60. The van der Waals surface area contributed by atoms with Crippen molar-refractivity contribution in [3.8, 4) is 0 Å². The third kappa shape index (κ3) is 2.53. The summed E-state index contributed by atoms with van der Waals surface area (Å²) in [5.41, 5.74) is 2.01. The van der Waals surface area contributed by atoms with Crippen LogP contribution in [0.2, 0.25) is 0 Å². The lowest BCUT2D eigenvalue weighted by molar-refractivity contribution is 0.0202. The zero-order valence-electron chi connectivity index (χ0n) is 9.47. The van der Waals surface area contributed by atoms with Crippen LogP contribution in [0.15, 0.2) is 24.3 Å². The van der Waals surface area contributed by atoms with Crippen molar-refractivity contribution >= 4 is 17.7 Å². The molecule has 0 fully saturated rings. The Morgan fingerprint density at radius 3 is 2.82 bits per heavy atom. The van der Waals surface area contributed by atoms with Crippen molar-refractivity contribution in [2.24, 2.45) is 0 Å². The molecule has 0 saturated heterocycles. The first-order chi connectivity index (χ1) is 8.09. The van der Waals surface area contributed by atoms with E-state index in [1.54, 1.807) is 0 Å². The Balaban J connectivity index is 2.21. The molecule has 2 rings (SSSR count). The quantitative estimate of drug-likeness (QED) is 0.827. The monoisotopic (exact) mass is 255 g/mol. The van der Waals surface area contributed by atoms with Crippen LogP contribution in [0, 0.1) is 0 Å². The van der Waals surface area contributed by atoms with E-state index in [2.05, 4.69) is 0 Å². The fourth-order valence-corrected chi connectivity index (χ4v) is 2.22. The number of halogens is 1. The van der Waals surface area contributed by atoms with Gasteiger partial charge in [-0.05, 0) is 11.1 Å². The fourth-order valence-electron chi connectivity index (χ4n) is 1.95. The van der Waals surface area contributed by atoms with Crippen molar-refractivity contribution in [1.82, 2.24) is 4.90 Å². The zero-order chi connectivity index (χ0) is 12.4. The molecule has 0 aromatic heterocycles. The van der Waals surface area contributed by atoms with E-state index in [0.29, 0.717) is 13.2 Å². The number of fused-ring (bicyclic) bond motifs is 1. The van der Waals surface area contributed by atoms with E-state index >= 15 is 0 Å². The van der Waals surface area contributed by atoms with Gasteiger partial charge in [-0.2, -0.15) is 0 Å². The predicted octanol–water partition coefficient (Wildman–Crippen LogP) is 2.65. The maximum atomic E-state index is 10.8. The maximum Gasteiger partial charge on any atom is 0.407 e. The number of carboxylic acid groups (broad SMARTS) is 1. The molecule has 17 heavy (non-hydrogen) atoms. The van der Waals surface area contributed by atoms with Crippen molar-refractivity contribution in [3.05, 3.63) is 35.4 Å². The summed E-state index contributed by atoms with van der Waals surface area (Å²) >= 11 is 6.16. The van der Waals surface area contributed by atoms with Gasteiger partial charge in [-0.3, -0.25) is 0 Å². The summed E-state index contributed by atoms with van der Waals surface area (Å²) in [4.78, 5) is 12.0. The average Bonchev–Trinajstić information content (AvgIpc) is 2.33. The van der Waals surface area contributed by atoms with Crippen LogP contribution in [0.1, 0.15) is 22.6 Å². The number of amides is 1. The lowest BCUT2D eigenvalue weighted by atomic mass is 9.97. The Labute approximate surface area is 105 Å². The zero-order valence-corrected chi connectivity index (χ0v) is 10.2. The van der Waals surface area contributed by atoms with Crippen LogP contribution >= 0.6 is 11.6 Å². The van der Waals surface area contributed by atoms with Gasteiger partial charge in [0.2, 0.25) is 0 Å². The largest absolute Gasteiger partial charge is 0.465 e. The lowest BCUT2D eigenvalue weighted by Gasteiger charge is -2.31. The van der Waals surface area contributed by atoms with Crippen molar-refractivity contribution in [3.63, 3.8) is 0 Å². The molecule has 1 aromatic rings. The number of nitrogens with zero attached hydrogens (tertiary/aromatic N) is 1. The number of ether oxygens (including phenoxy) is 1. The normalized spacial score (nSPS) is 22.9. The second-order valence-corrected chi connectivity index (χ2v) is 4.61. The van der Waals surface area contributed by atoms with Crippen LogP contribution in [0.3, 0.4) is 0 Å². The van der Waals surface area contributed by atoms with Gasteiger partial charge in [-0.1, -0.05) is 24.3 Å². The predicted molar refractivity (Wildman–Crippen MR) is 64.4 cm³/mol. The van der Waals surface area contributed by atoms with Crippen LogP contribution in [0.4, 0.5) is 4.79 Å². The SMILES string of the molecule is CN(CC1OC[C@@H](Cl)c2ccccc21)C(=O)O. The van der Waals surface area contributed by atoms with Crippen LogP contribution < -0.4 is 0 Å². The highest BCUT2D eigenvalue weighted by Gasteiger charge is 2.27. The Hall–Kier alpha value is -1.26. The van der Waals surface area contributed by atoms with Crippen LogP contribution in [-0.2, 0) is 4.74 Å². The minimum atomic E-state index is -0.959. The van der Waals surface area contributed by atoms with Gasteiger partial charge in [0.15, 0.2) is 0 Å². The second kappa shape index (κ2) is 4.94. The van der Waals surface area contributed by atoms with Crippen molar-refractivity contribution in [2.75, 3.05) is 20.2 Å². The molecule has 5 heteroatoms. The molecule has 4 nitrogen and oxygen atoms in total. The Morgan fingerprint density at radius 1 is 1.53 bits per heavy atom.